The van der Waals surface area contributed by atoms with Crippen molar-refractivity contribution in [1.82, 2.24) is 19.9 Å². The van der Waals surface area contributed by atoms with Crippen molar-refractivity contribution in [1.29, 1.82) is 0 Å². The first-order chi connectivity index (χ1) is 16.4. The number of ether oxygens (including phenoxy) is 1. The number of fused-ring (bicyclic) bond motifs is 1. The van der Waals surface area contributed by atoms with Crippen LogP contribution in [0.5, 0.6) is 0 Å². The average molecular weight is 490 g/mol. The maximum atomic E-state index is 13.2. The number of carbonyl (C=O) groups is 2. The van der Waals surface area contributed by atoms with Crippen LogP contribution in [0.1, 0.15) is 79.0 Å². The van der Waals surface area contributed by atoms with Crippen molar-refractivity contribution in [3.8, 4) is 0 Å². The predicted molar refractivity (Wildman–Crippen MR) is 130 cm³/mol. The molecule has 1 saturated heterocycles. The van der Waals surface area contributed by atoms with E-state index in [4.69, 9.17) is 9.26 Å². The minimum Gasteiger partial charge on any atom is -0.462 e. The highest BCUT2D eigenvalue weighted by atomic mass is 32.1. The van der Waals surface area contributed by atoms with Crippen molar-refractivity contribution in [3.63, 3.8) is 0 Å². The summed E-state index contributed by atoms with van der Waals surface area (Å²) >= 11 is 1.53. The minimum absolute atomic E-state index is 0.0870. The van der Waals surface area contributed by atoms with E-state index in [0.717, 1.165) is 63.3 Å². The van der Waals surface area contributed by atoms with Gasteiger partial charge in [0, 0.05) is 37.0 Å². The Morgan fingerprint density at radius 3 is 2.56 bits per heavy atom. The molecular formula is C24H35N5O4S. The highest BCUT2D eigenvalue weighted by molar-refractivity contribution is 7.17. The fourth-order valence-corrected chi connectivity index (χ4v) is 5.80. The molecule has 1 atom stereocenters. The Morgan fingerprint density at radius 2 is 1.88 bits per heavy atom. The molecule has 1 fully saturated rings. The van der Waals surface area contributed by atoms with Crippen molar-refractivity contribution >= 4 is 28.2 Å². The van der Waals surface area contributed by atoms with Gasteiger partial charge in [-0.25, -0.2) is 4.79 Å². The number of esters is 1. The van der Waals surface area contributed by atoms with Crippen LogP contribution in [0.3, 0.4) is 0 Å². The number of carbonyl (C=O) groups excluding carboxylic acids is 2. The van der Waals surface area contributed by atoms with Gasteiger partial charge in [0.25, 0.3) is 0 Å². The van der Waals surface area contributed by atoms with E-state index in [1.165, 1.54) is 16.2 Å². The summed E-state index contributed by atoms with van der Waals surface area (Å²) in [5.41, 5.74) is 1.63. The van der Waals surface area contributed by atoms with Crippen LogP contribution in [0, 0.1) is 0 Å². The van der Waals surface area contributed by atoms with Crippen LogP contribution in [-0.4, -0.2) is 70.6 Å². The van der Waals surface area contributed by atoms with Gasteiger partial charge in [0.05, 0.1) is 24.8 Å². The maximum Gasteiger partial charge on any atom is 0.341 e. The summed E-state index contributed by atoms with van der Waals surface area (Å²) in [4.78, 5) is 35.9. The molecule has 0 aromatic carbocycles. The standard InChI is InChI=1S/C24H35N5O4S/c1-5-32-24(31)20-17-8-6-7-9-18(17)34-23(20)26-22(30)16(4)29-12-10-28(11-13-29)14-19-25-21(15(2)3)27-33-19/h15-16H,5-14H2,1-4H3,(H,26,30)/t16-/m0/s1. The van der Waals surface area contributed by atoms with Gasteiger partial charge >= 0.3 is 5.97 Å². The average Bonchev–Trinajstić information content (AvgIpc) is 3.43. The van der Waals surface area contributed by atoms with Crippen molar-refractivity contribution in [3.05, 3.63) is 27.7 Å². The zero-order valence-corrected chi connectivity index (χ0v) is 21.4. The molecule has 10 heteroatoms. The van der Waals surface area contributed by atoms with E-state index in [1.54, 1.807) is 6.92 Å². The molecular weight excluding hydrogens is 454 g/mol. The second kappa shape index (κ2) is 11.0. The van der Waals surface area contributed by atoms with E-state index in [9.17, 15) is 9.59 Å². The molecule has 2 aromatic rings. The van der Waals surface area contributed by atoms with Gasteiger partial charge < -0.3 is 14.6 Å². The van der Waals surface area contributed by atoms with Crippen LogP contribution >= 0.6 is 11.3 Å². The van der Waals surface area contributed by atoms with E-state index in [-0.39, 0.29) is 23.8 Å². The molecule has 1 N–H and O–H groups in total. The number of hydrogen-bond donors (Lipinski definition) is 1. The lowest BCUT2D eigenvalue weighted by Crippen LogP contribution is -2.52. The summed E-state index contributed by atoms with van der Waals surface area (Å²) in [6.07, 6.45) is 4.00. The van der Waals surface area contributed by atoms with Gasteiger partial charge in [-0.1, -0.05) is 19.0 Å². The first-order valence-corrected chi connectivity index (χ1v) is 13.1. The third-order valence-electron chi connectivity index (χ3n) is 6.58. The summed E-state index contributed by atoms with van der Waals surface area (Å²) in [6.45, 7) is 11.9. The molecule has 2 aliphatic rings. The molecule has 0 saturated carbocycles. The Morgan fingerprint density at radius 1 is 1.15 bits per heavy atom. The SMILES string of the molecule is CCOC(=O)c1c(NC(=O)[C@H](C)N2CCN(Cc3nc(C(C)C)no3)CC2)sc2c1CCCC2. The normalized spacial score (nSPS) is 18.0. The molecule has 2 aromatic heterocycles. The number of aryl methyl sites for hydroxylation is 1. The number of nitrogens with one attached hydrogen (secondary N) is 1. The van der Waals surface area contributed by atoms with Gasteiger partial charge in [-0.15, -0.1) is 11.3 Å². The molecule has 1 aliphatic carbocycles. The zero-order chi connectivity index (χ0) is 24.2. The Labute approximate surface area is 204 Å². The maximum absolute atomic E-state index is 13.2. The fraction of sp³-hybridized carbons (Fsp3) is 0.667. The topological polar surface area (TPSA) is 101 Å². The fourth-order valence-electron chi connectivity index (χ4n) is 4.52. The zero-order valence-electron chi connectivity index (χ0n) is 20.6. The predicted octanol–water partition coefficient (Wildman–Crippen LogP) is 3.45. The lowest BCUT2D eigenvalue weighted by Gasteiger charge is -2.36. The summed E-state index contributed by atoms with van der Waals surface area (Å²) in [5, 5.41) is 7.73. The van der Waals surface area contributed by atoms with Crippen molar-refractivity contribution < 1.29 is 18.8 Å². The highest BCUT2D eigenvalue weighted by Crippen LogP contribution is 2.38. The second-order valence-corrected chi connectivity index (χ2v) is 10.4. The molecule has 9 nitrogen and oxygen atoms in total. The number of hydrogen-bond acceptors (Lipinski definition) is 9. The van der Waals surface area contributed by atoms with Crippen molar-refractivity contribution in [2.45, 2.75) is 71.9 Å². The molecule has 4 rings (SSSR count). The van der Waals surface area contributed by atoms with E-state index in [1.807, 2.05) is 20.8 Å². The number of thiophene rings is 1. The van der Waals surface area contributed by atoms with Gasteiger partial charge in [-0.3, -0.25) is 14.6 Å². The van der Waals surface area contributed by atoms with Gasteiger partial charge in [0.2, 0.25) is 11.8 Å². The lowest BCUT2D eigenvalue weighted by molar-refractivity contribution is -0.121. The minimum atomic E-state index is -0.333. The van der Waals surface area contributed by atoms with Crippen LogP contribution in [0.15, 0.2) is 4.52 Å². The number of amides is 1. The molecule has 3 heterocycles. The summed E-state index contributed by atoms with van der Waals surface area (Å²) in [6, 6.07) is -0.299. The molecule has 0 spiro atoms. The Bertz CT molecular complexity index is 1010. The quantitative estimate of drug-likeness (QED) is 0.563. The largest absolute Gasteiger partial charge is 0.462 e. The van der Waals surface area contributed by atoms with Gasteiger partial charge in [0.15, 0.2) is 5.82 Å². The number of nitrogens with zero attached hydrogens (tertiary/aromatic N) is 4. The highest BCUT2D eigenvalue weighted by Gasteiger charge is 2.30. The van der Waals surface area contributed by atoms with Crippen LogP contribution in [0.4, 0.5) is 5.00 Å². The second-order valence-electron chi connectivity index (χ2n) is 9.31. The molecule has 186 valence electrons. The summed E-state index contributed by atoms with van der Waals surface area (Å²) < 4.78 is 10.7. The molecule has 1 aliphatic heterocycles. The van der Waals surface area contributed by atoms with Gasteiger partial charge in [-0.05, 0) is 45.1 Å². The van der Waals surface area contributed by atoms with E-state index in [2.05, 4.69) is 25.3 Å². The lowest BCUT2D eigenvalue weighted by atomic mass is 9.95. The third kappa shape index (κ3) is 5.50. The molecule has 1 amide bonds. The van der Waals surface area contributed by atoms with Crippen LogP contribution in [0.25, 0.3) is 0 Å². The molecule has 0 unspecified atom stereocenters. The Kier molecular flexibility index (Phi) is 8.00. The van der Waals surface area contributed by atoms with Crippen molar-refractivity contribution in [2.75, 3.05) is 38.1 Å². The monoisotopic (exact) mass is 489 g/mol. The van der Waals surface area contributed by atoms with Crippen LogP contribution < -0.4 is 5.32 Å². The number of rotatable bonds is 8. The van der Waals surface area contributed by atoms with E-state index < -0.39 is 0 Å². The van der Waals surface area contributed by atoms with Gasteiger partial charge in [-0.2, -0.15) is 4.98 Å². The van der Waals surface area contributed by atoms with Crippen molar-refractivity contribution in [2.24, 2.45) is 0 Å². The Hall–Kier alpha value is -2.30. The molecule has 34 heavy (non-hydrogen) atoms. The smallest absolute Gasteiger partial charge is 0.341 e. The van der Waals surface area contributed by atoms with Crippen LogP contribution in [0.2, 0.25) is 0 Å². The molecule has 0 bridgehead atoms. The number of piperazine rings is 1. The van der Waals surface area contributed by atoms with E-state index >= 15 is 0 Å². The summed E-state index contributed by atoms with van der Waals surface area (Å²) in [7, 11) is 0. The first-order valence-electron chi connectivity index (χ1n) is 12.3. The van der Waals surface area contributed by atoms with E-state index in [0.29, 0.717) is 29.6 Å². The van der Waals surface area contributed by atoms with Crippen LogP contribution in [-0.2, 0) is 28.9 Å². The molecule has 0 radical (unpaired) electrons. The Balaban J connectivity index is 1.35. The third-order valence-corrected chi connectivity index (χ3v) is 7.79. The summed E-state index contributed by atoms with van der Waals surface area (Å²) in [5.74, 6) is 1.19. The number of aromatic nitrogens is 2. The first kappa shape index (κ1) is 24.8. The van der Waals surface area contributed by atoms with Gasteiger partial charge in [0.1, 0.15) is 5.00 Å². The number of anilines is 1.